The monoisotopic (exact) mass is 230 g/mol. The van der Waals surface area contributed by atoms with Crippen molar-refractivity contribution < 1.29 is 4.74 Å². The van der Waals surface area contributed by atoms with Crippen molar-refractivity contribution in [2.75, 3.05) is 13.7 Å². The lowest BCUT2D eigenvalue weighted by atomic mass is 10.1. The molecule has 1 N–H and O–H groups in total. The molecule has 0 saturated carbocycles. The second kappa shape index (κ2) is 5.15. The highest BCUT2D eigenvalue weighted by Crippen LogP contribution is 2.23. The van der Waals surface area contributed by atoms with Crippen LogP contribution in [0.3, 0.4) is 0 Å². The van der Waals surface area contributed by atoms with E-state index in [4.69, 9.17) is 4.74 Å². The summed E-state index contributed by atoms with van der Waals surface area (Å²) in [5.74, 6) is 0.876. The topological polar surface area (TPSA) is 34.2 Å². The number of hydrogen-bond donors (Lipinski definition) is 1. The Hall–Kier alpha value is -1.61. The zero-order valence-corrected chi connectivity index (χ0v) is 10.6. The first-order valence-corrected chi connectivity index (χ1v) is 5.89. The van der Waals surface area contributed by atoms with Crippen LogP contribution in [0.1, 0.15) is 18.2 Å². The molecule has 90 valence electrons. The van der Waals surface area contributed by atoms with E-state index < -0.39 is 0 Å². The summed E-state index contributed by atoms with van der Waals surface area (Å²) >= 11 is 0. The molecule has 2 aromatic rings. The minimum Gasteiger partial charge on any atom is -0.497 e. The second-order valence-electron chi connectivity index (χ2n) is 4.09. The standard InChI is InChI=1S/C14H18N2O/c1-4-15-9-11-7-10(2)16-14-6-5-12(17-3)8-13(11)14/h5-8,15H,4,9H2,1-3H3. The molecule has 0 bridgehead atoms. The Morgan fingerprint density at radius 3 is 2.82 bits per heavy atom. The highest BCUT2D eigenvalue weighted by Gasteiger charge is 2.05. The summed E-state index contributed by atoms with van der Waals surface area (Å²) in [5, 5.41) is 4.52. The minimum absolute atomic E-state index is 0.865. The number of hydrogen-bond acceptors (Lipinski definition) is 3. The lowest BCUT2D eigenvalue weighted by Gasteiger charge is -2.09. The second-order valence-corrected chi connectivity index (χ2v) is 4.09. The van der Waals surface area contributed by atoms with Crippen molar-refractivity contribution in [2.24, 2.45) is 0 Å². The molecule has 1 heterocycles. The van der Waals surface area contributed by atoms with Gasteiger partial charge in [0.25, 0.3) is 0 Å². The minimum atomic E-state index is 0.865. The van der Waals surface area contributed by atoms with Crippen LogP contribution in [0.5, 0.6) is 5.75 Å². The molecular weight excluding hydrogens is 212 g/mol. The first-order chi connectivity index (χ1) is 8.24. The fourth-order valence-electron chi connectivity index (χ4n) is 1.95. The maximum Gasteiger partial charge on any atom is 0.119 e. The molecule has 0 unspecified atom stereocenters. The van der Waals surface area contributed by atoms with Crippen molar-refractivity contribution in [3.8, 4) is 5.75 Å². The molecule has 0 atom stereocenters. The van der Waals surface area contributed by atoms with Crippen LogP contribution < -0.4 is 10.1 Å². The Kier molecular flexibility index (Phi) is 3.59. The third kappa shape index (κ3) is 2.56. The normalized spacial score (nSPS) is 10.8. The largest absolute Gasteiger partial charge is 0.497 e. The number of fused-ring (bicyclic) bond motifs is 1. The summed E-state index contributed by atoms with van der Waals surface area (Å²) in [7, 11) is 1.69. The molecule has 3 heteroatoms. The SMILES string of the molecule is CCNCc1cc(C)nc2ccc(OC)cc12. The molecular formula is C14H18N2O. The lowest BCUT2D eigenvalue weighted by molar-refractivity contribution is 0.415. The van der Waals surface area contributed by atoms with E-state index in [2.05, 4.69) is 29.4 Å². The van der Waals surface area contributed by atoms with Crippen LogP contribution in [0.15, 0.2) is 24.3 Å². The van der Waals surface area contributed by atoms with Crippen molar-refractivity contribution in [1.29, 1.82) is 0 Å². The van der Waals surface area contributed by atoms with Crippen LogP contribution in [0.4, 0.5) is 0 Å². The van der Waals surface area contributed by atoms with Gasteiger partial charge in [0.2, 0.25) is 0 Å². The number of rotatable bonds is 4. The average Bonchev–Trinajstić information content (AvgIpc) is 2.35. The van der Waals surface area contributed by atoms with Crippen molar-refractivity contribution >= 4 is 10.9 Å². The molecule has 1 aromatic heterocycles. The highest BCUT2D eigenvalue weighted by molar-refractivity contribution is 5.83. The molecule has 3 nitrogen and oxygen atoms in total. The van der Waals surface area contributed by atoms with Gasteiger partial charge in [-0.2, -0.15) is 0 Å². The van der Waals surface area contributed by atoms with E-state index in [0.717, 1.165) is 35.4 Å². The smallest absolute Gasteiger partial charge is 0.119 e. The third-order valence-corrected chi connectivity index (χ3v) is 2.80. The van der Waals surface area contributed by atoms with Gasteiger partial charge in [0, 0.05) is 17.6 Å². The van der Waals surface area contributed by atoms with Crippen LogP contribution in [-0.2, 0) is 6.54 Å². The van der Waals surface area contributed by atoms with Gasteiger partial charge in [-0.15, -0.1) is 0 Å². The predicted molar refractivity (Wildman–Crippen MR) is 70.4 cm³/mol. The zero-order chi connectivity index (χ0) is 12.3. The first-order valence-electron chi connectivity index (χ1n) is 5.89. The number of pyridine rings is 1. The van der Waals surface area contributed by atoms with Gasteiger partial charge in [0.1, 0.15) is 5.75 Å². The quantitative estimate of drug-likeness (QED) is 0.876. The number of aromatic nitrogens is 1. The van der Waals surface area contributed by atoms with Crippen LogP contribution in [0, 0.1) is 6.92 Å². The molecule has 2 rings (SSSR count). The summed E-state index contributed by atoms with van der Waals surface area (Å²) in [6.07, 6.45) is 0. The number of aryl methyl sites for hydroxylation is 1. The molecule has 0 aliphatic rings. The first kappa shape index (κ1) is 11.9. The third-order valence-electron chi connectivity index (χ3n) is 2.80. The molecule has 0 radical (unpaired) electrons. The Morgan fingerprint density at radius 2 is 2.12 bits per heavy atom. The number of ether oxygens (including phenoxy) is 1. The van der Waals surface area contributed by atoms with Gasteiger partial charge in [0.15, 0.2) is 0 Å². The van der Waals surface area contributed by atoms with E-state index in [0.29, 0.717) is 0 Å². The van der Waals surface area contributed by atoms with Crippen LogP contribution in [0.2, 0.25) is 0 Å². The number of nitrogens with zero attached hydrogens (tertiary/aromatic N) is 1. The average molecular weight is 230 g/mol. The molecule has 0 fully saturated rings. The van der Waals surface area contributed by atoms with Crippen molar-refractivity contribution in [3.63, 3.8) is 0 Å². The Balaban J connectivity index is 2.53. The van der Waals surface area contributed by atoms with Crippen LogP contribution >= 0.6 is 0 Å². The van der Waals surface area contributed by atoms with Gasteiger partial charge in [-0.25, -0.2) is 0 Å². The summed E-state index contributed by atoms with van der Waals surface area (Å²) in [6.45, 7) is 5.96. The van der Waals surface area contributed by atoms with E-state index in [1.165, 1.54) is 5.56 Å². The van der Waals surface area contributed by atoms with Crippen molar-refractivity contribution in [1.82, 2.24) is 10.3 Å². The van der Waals surface area contributed by atoms with Gasteiger partial charge >= 0.3 is 0 Å². The number of nitrogens with one attached hydrogen (secondary N) is 1. The van der Waals surface area contributed by atoms with Crippen LogP contribution in [-0.4, -0.2) is 18.6 Å². The van der Waals surface area contributed by atoms with Crippen LogP contribution in [0.25, 0.3) is 10.9 Å². The molecule has 0 aliphatic carbocycles. The molecule has 0 saturated heterocycles. The van der Waals surface area contributed by atoms with E-state index in [9.17, 15) is 0 Å². The van der Waals surface area contributed by atoms with Crippen molar-refractivity contribution in [3.05, 3.63) is 35.5 Å². The van der Waals surface area contributed by atoms with Gasteiger partial charge in [-0.3, -0.25) is 4.98 Å². The summed E-state index contributed by atoms with van der Waals surface area (Å²) in [5.41, 5.74) is 3.35. The Labute approximate surface area is 102 Å². The molecule has 0 spiro atoms. The van der Waals surface area contributed by atoms with Gasteiger partial charge < -0.3 is 10.1 Å². The maximum atomic E-state index is 5.26. The van der Waals surface area contributed by atoms with E-state index in [1.54, 1.807) is 7.11 Å². The zero-order valence-electron chi connectivity index (χ0n) is 10.6. The predicted octanol–water partition coefficient (Wildman–Crippen LogP) is 2.66. The fourth-order valence-corrected chi connectivity index (χ4v) is 1.95. The van der Waals surface area contributed by atoms with E-state index in [-0.39, 0.29) is 0 Å². The molecule has 17 heavy (non-hydrogen) atoms. The lowest BCUT2D eigenvalue weighted by Crippen LogP contribution is -2.12. The van der Waals surface area contributed by atoms with Gasteiger partial charge in [0.05, 0.1) is 12.6 Å². The van der Waals surface area contributed by atoms with Gasteiger partial charge in [-0.05, 0) is 43.3 Å². The molecule has 0 aliphatic heterocycles. The Morgan fingerprint density at radius 1 is 1.29 bits per heavy atom. The van der Waals surface area contributed by atoms with Crippen molar-refractivity contribution in [2.45, 2.75) is 20.4 Å². The number of methoxy groups -OCH3 is 1. The van der Waals surface area contributed by atoms with Gasteiger partial charge in [-0.1, -0.05) is 6.92 Å². The Bertz CT molecular complexity index is 523. The summed E-state index contributed by atoms with van der Waals surface area (Å²) in [6, 6.07) is 8.14. The summed E-state index contributed by atoms with van der Waals surface area (Å²) < 4.78 is 5.26. The molecule has 1 aromatic carbocycles. The van der Waals surface area contributed by atoms with E-state index >= 15 is 0 Å². The summed E-state index contributed by atoms with van der Waals surface area (Å²) in [4.78, 5) is 4.54. The molecule has 0 amide bonds. The fraction of sp³-hybridized carbons (Fsp3) is 0.357. The highest BCUT2D eigenvalue weighted by atomic mass is 16.5. The van der Waals surface area contributed by atoms with E-state index in [1.807, 2.05) is 19.1 Å². The maximum absolute atomic E-state index is 5.26. The number of benzene rings is 1.